The highest BCUT2D eigenvalue weighted by atomic mass is 15.1. The summed E-state index contributed by atoms with van der Waals surface area (Å²) in [7, 11) is 4.11. The van der Waals surface area contributed by atoms with Gasteiger partial charge < -0.3 is 4.90 Å². The van der Waals surface area contributed by atoms with Gasteiger partial charge in [-0.1, -0.05) is 0 Å². The number of H-pyrrole nitrogens is 1. The van der Waals surface area contributed by atoms with Crippen LogP contribution < -0.4 is 9.88 Å². The van der Waals surface area contributed by atoms with Crippen molar-refractivity contribution in [1.82, 2.24) is 0 Å². The molecule has 0 spiro atoms. The zero-order chi connectivity index (χ0) is 6.43. The lowest BCUT2D eigenvalue weighted by Crippen LogP contribution is -2.23. The first-order valence-corrected chi connectivity index (χ1v) is 3.02. The van der Waals surface area contributed by atoms with E-state index in [1.54, 1.807) is 0 Å². The maximum atomic E-state index is 3.08. The van der Waals surface area contributed by atoms with Gasteiger partial charge in [-0.05, 0) is 0 Å². The standard InChI is InChI=1S/C7H8N2/c1-9(2)7-3-6-5(7)4-8-6/h3-4H,1-2H3/p+1. The molecule has 2 heteroatoms. The van der Waals surface area contributed by atoms with Crippen LogP contribution in [0.25, 0.3) is 11.3 Å². The lowest BCUT2D eigenvalue weighted by atomic mass is 10.0. The van der Waals surface area contributed by atoms with Crippen LogP contribution in [0.4, 0.5) is 5.69 Å². The van der Waals surface area contributed by atoms with E-state index in [1.807, 2.05) is 6.20 Å². The quantitative estimate of drug-likeness (QED) is 0.538. The van der Waals surface area contributed by atoms with Crippen molar-refractivity contribution in [3.63, 3.8) is 0 Å². The number of hydrogen-bond acceptors (Lipinski definition) is 1. The molecule has 2 rings (SSSR count). The Morgan fingerprint density at radius 2 is 2.22 bits per heavy atom. The molecule has 0 radical (unpaired) electrons. The van der Waals surface area contributed by atoms with Gasteiger partial charge in [0.2, 0.25) is 5.69 Å². The summed E-state index contributed by atoms with van der Waals surface area (Å²) < 4.78 is 0. The minimum Gasteiger partial charge on any atom is -0.377 e. The molecule has 0 aromatic rings. The van der Waals surface area contributed by atoms with Gasteiger partial charge in [0.1, 0.15) is 5.56 Å². The second-order valence-corrected chi connectivity index (χ2v) is 2.54. The topological polar surface area (TPSA) is 17.4 Å². The van der Waals surface area contributed by atoms with Gasteiger partial charge in [0.15, 0.2) is 6.20 Å². The van der Waals surface area contributed by atoms with Crippen molar-refractivity contribution < 1.29 is 4.98 Å². The molecular formula is C7H9N2+. The maximum absolute atomic E-state index is 3.08. The summed E-state index contributed by atoms with van der Waals surface area (Å²) in [5.74, 6) is 0. The molecule has 0 amide bonds. The van der Waals surface area contributed by atoms with Crippen molar-refractivity contribution >= 4 is 5.69 Å². The number of nitrogens with zero attached hydrogens (tertiary/aromatic N) is 1. The Hall–Kier alpha value is -1.05. The monoisotopic (exact) mass is 121 g/mol. The lowest BCUT2D eigenvalue weighted by molar-refractivity contribution is -0.381. The van der Waals surface area contributed by atoms with Gasteiger partial charge in [-0.25, -0.2) is 4.98 Å². The molecule has 0 aromatic carbocycles. The van der Waals surface area contributed by atoms with E-state index in [1.165, 1.54) is 16.9 Å². The van der Waals surface area contributed by atoms with E-state index in [2.05, 4.69) is 30.0 Å². The first kappa shape index (κ1) is 4.79. The van der Waals surface area contributed by atoms with Crippen LogP contribution in [0.3, 0.4) is 0 Å². The molecule has 0 bridgehead atoms. The Bertz CT molecular complexity index is 253. The second kappa shape index (κ2) is 1.26. The van der Waals surface area contributed by atoms with Gasteiger partial charge in [0.05, 0.1) is 5.69 Å². The molecule has 0 atom stereocenters. The molecule has 0 unspecified atom stereocenters. The molecule has 9 heavy (non-hydrogen) atoms. The van der Waals surface area contributed by atoms with E-state index >= 15 is 0 Å². The highest BCUT2D eigenvalue weighted by Gasteiger charge is 2.26. The third-order valence-electron chi connectivity index (χ3n) is 1.70. The fourth-order valence-corrected chi connectivity index (χ4v) is 1.07. The lowest BCUT2D eigenvalue weighted by Gasteiger charge is -2.20. The van der Waals surface area contributed by atoms with Crippen LogP contribution in [0.15, 0.2) is 12.3 Å². The predicted molar refractivity (Wildman–Crippen MR) is 36.3 cm³/mol. The summed E-state index contributed by atoms with van der Waals surface area (Å²) in [5, 5.41) is 0. The molecule has 1 heterocycles. The maximum Gasteiger partial charge on any atom is 0.221 e. The number of nitrogens with one attached hydrogen (secondary N) is 1. The van der Waals surface area contributed by atoms with Crippen LogP contribution in [0.1, 0.15) is 0 Å². The summed E-state index contributed by atoms with van der Waals surface area (Å²) >= 11 is 0. The molecule has 2 nitrogen and oxygen atoms in total. The van der Waals surface area contributed by atoms with Gasteiger partial charge in [0.25, 0.3) is 0 Å². The zero-order valence-electron chi connectivity index (χ0n) is 5.60. The second-order valence-electron chi connectivity index (χ2n) is 2.54. The number of rotatable bonds is 1. The Morgan fingerprint density at radius 1 is 1.44 bits per heavy atom. The third kappa shape index (κ3) is 0.428. The number of hydrogen-bond donors (Lipinski definition) is 0. The van der Waals surface area contributed by atoms with Gasteiger partial charge in [-0.15, -0.1) is 0 Å². The van der Waals surface area contributed by atoms with E-state index in [-0.39, 0.29) is 0 Å². The van der Waals surface area contributed by atoms with E-state index in [4.69, 9.17) is 0 Å². The number of aromatic amines is 1. The van der Waals surface area contributed by atoms with Crippen LogP contribution >= 0.6 is 0 Å². The highest BCUT2D eigenvalue weighted by molar-refractivity contribution is 5.84. The van der Waals surface area contributed by atoms with Crippen molar-refractivity contribution in [3.05, 3.63) is 12.3 Å². The first-order chi connectivity index (χ1) is 4.29. The van der Waals surface area contributed by atoms with Gasteiger partial charge in [0, 0.05) is 20.2 Å². The number of fused-ring (bicyclic) bond motifs is 1. The van der Waals surface area contributed by atoms with Crippen molar-refractivity contribution in [2.75, 3.05) is 19.0 Å². The summed E-state index contributed by atoms with van der Waals surface area (Å²) in [5.41, 5.74) is 4.00. The Labute approximate surface area is 54.1 Å². The summed E-state index contributed by atoms with van der Waals surface area (Å²) in [6, 6.07) is 2.15. The summed E-state index contributed by atoms with van der Waals surface area (Å²) in [6.45, 7) is 0. The van der Waals surface area contributed by atoms with Crippen molar-refractivity contribution in [2.24, 2.45) is 0 Å². The van der Waals surface area contributed by atoms with E-state index in [0.717, 1.165) is 0 Å². The largest absolute Gasteiger partial charge is 0.377 e. The molecular weight excluding hydrogens is 112 g/mol. The van der Waals surface area contributed by atoms with E-state index < -0.39 is 0 Å². The smallest absolute Gasteiger partial charge is 0.221 e. The SMILES string of the molecule is CN(C)c1cc2[nH+]cc1-2. The summed E-state index contributed by atoms with van der Waals surface area (Å²) in [6.07, 6.45) is 2.03. The van der Waals surface area contributed by atoms with Gasteiger partial charge >= 0.3 is 0 Å². The normalized spacial score (nSPS) is 11.3. The predicted octanol–water partition coefficient (Wildman–Crippen LogP) is 0.547. The Kier molecular flexibility index (Phi) is 0.673. The van der Waals surface area contributed by atoms with Crippen LogP contribution in [0.2, 0.25) is 0 Å². The first-order valence-electron chi connectivity index (χ1n) is 3.02. The molecule has 0 saturated carbocycles. The van der Waals surface area contributed by atoms with Crippen LogP contribution in [-0.2, 0) is 0 Å². The highest BCUT2D eigenvalue weighted by Crippen LogP contribution is 2.36. The summed E-state index contributed by atoms with van der Waals surface area (Å²) in [4.78, 5) is 5.20. The molecule has 2 aliphatic rings. The Morgan fingerprint density at radius 3 is 2.33 bits per heavy atom. The molecule has 1 aliphatic heterocycles. The number of anilines is 1. The van der Waals surface area contributed by atoms with Crippen molar-refractivity contribution in [2.45, 2.75) is 0 Å². The van der Waals surface area contributed by atoms with Gasteiger partial charge in [-0.3, -0.25) is 0 Å². The molecule has 46 valence electrons. The molecule has 1 aliphatic carbocycles. The average molecular weight is 121 g/mol. The molecule has 0 aromatic heterocycles. The minimum atomic E-state index is 1.29. The molecule has 0 fully saturated rings. The van der Waals surface area contributed by atoms with Crippen LogP contribution in [-0.4, -0.2) is 14.1 Å². The molecule has 0 saturated heterocycles. The van der Waals surface area contributed by atoms with Crippen LogP contribution in [0.5, 0.6) is 0 Å². The van der Waals surface area contributed by atoms with E-state index in [0.29, 0.717) is 0 Å². The fourth-order valence-electron chi connectivity index (χ4n) is 1.07. The minimum absolute atomic E-state index is 1.29. The van der Waals surface area contributed by atoms with Crippen molar-refractivity contribution in [3.8, 4) is 11.3 Å². The van der Waals surface area contributed by atoms with Crippen LogP contribution in [0, 0.1) is 0 Å². The van der Waals surface area contributed by atoms with Gasteiger partial charge in [-0.2, -0.15) is 0 Å². The van der Waals surface area contributed by atoms with Crippen molar-refractivity contribution in [1.29, 1.82) is 0 Å². The number of pyridine rings is 1. The Balaban J connectivity index is 2.40. The number of aromatic nitrogens is 1. The molecule has 1 N–H and O–H groups in total. The third-order valence-corrected chi connectivity index (χ3v) is 1.70. The average Bonchev–Trinajstić information content (AvgIpc) is 1.76. The fraction of sp³-hybridized carbons (Fsp3) is 0.286. The zero-order valence-corrected chi connectivity index (χ0v) is 5.60. The van der Waals surface area contributed by atoms with E-state index in [9.17, 15) is 0 Å².